The van der Waals surface area contributed by atoms with Crippen LogP contribution in [0.25, 0.3) is 11.1 Å². The van der Waals surface area contributed by atoms with Crippen LogP contribution in [-0.2, 0) is 16.0 Å². The summed E-state index contributed by atoms with van der Waals surface area (Å²) in [4.78, 5) is 24.3. The Morgan fingerprint density at radius 2 is 1.36 bits per heavy atom. The molecule has 5 nitrogen and oxygen atoms in total. The molecule has 8 heteroatoms. The predicted octanol–water partition coefficient (Wildman–Crippen LogP) is 5.15. The summed E-state index contributed by atoms with van der Waals surface area (Å²) >= 11 is 0. The van der Waals surface area contributed by atoms with E-state index in [0.29, 0.717) is 0 Å². The molecule has 0 aromatic heterocycles. The third kappa shape index (κ3) is 4.16. The van der Waals surface area contributed by atoms with Crippen LogP contribution in [-0.4, -0.2) is 35.5 Å². The molecule has 0 bridgehead atoms. The van der Waals surface area contributed by atoms with Gasteiger partial charge in [0.15, 0.2) is 0 Å². The van der Waals surface area contributed by atoms with E-state index >= 15 is 0 Å². The molecule has 1 aliphatic carbocycles. The van der Waals surface area contributed by atoms with Crippen LogP contribution in [0.2, 0.25) is 0 Å². The zero-order chi connectivity index (χ0) is 23.6. The zero-order valence-electron chi connectivity index (χ0n) is 17.3. The number of carbonyl (C=O) groups excluding carboxylic acids is 1. The van der Waals surface area contributed by atoms with E-state index in [-0.39, 0.29) is 18.1 Å². The Bertz CT molecular complexity index is 1130. The van der Waals surface area contributed by atoms with E-state index in [1.54, 1.807) is 11.4 Å². The summed E-state index contributed by atoms with van der Waals surface area (Å²) in [7, 11) is 0. The van der Waals surface area contributed by atoms with Crippen molar-refractivity contribution in [3.05, 3.63) is 95.6 Å². The first-order valence-corrected chi connectivity index (χ1v) is 10.2. The lowest BCUT2D eigenvalue weighted by Gasteiger charge is -2.32. The van der Waals surface area contributed by atoms with Gasteiger partial charge in [0.1, 0.15) is 6.61 Å². The number of amides is 1. The standard InChI is InChI=1S/C25H20F3NO4/c26-25(27,28)24(22(30)31,14-16-8-2-1-3-9-16)29-23(32)33-15-21-19-12-6-4-10-17(19)18-11-5-7-13-20(18)21/h1-13,21H,14-15H2,(H,29,32)(H,30,31)/t24-/m0/s1. The molecule has 4 rings (SSSR count). The average molecular weight is 455 g/mol. The third-order valence-electron chi connectivity index (χ3n) is 5.82. The topological polar surface area (TPSA) is 75.6 Å². The fourth-order valence-electron chi connectivity index (χ4n) is 4.18. The van der Waals surface area contributed by atoms with Crippen molar-refractivity contribution in [3.63, 3.8) is 0 Å². The molecule has 0 radical (unpaired) electrons. The number of hydrogen-bond acceptors (Lipinski definition) is 3. The lowest BCUT2D eigenvalue weighted by atomic mass is 9.90. The number of aliphatic carboxylic acids is 1. The summed E-state index contributed by atoms with van der Waals surface area (Å²) in [6, 6.07) is 22.3. The van der Waals surface area contributed by atoms with Crippen LogP contribution in [0.1, 0.15) is 22.6 Å². The van der Waals surface area contributed by atoms with Crippen molar-refractivity contribution in [1.82, 2.24) is 5.32 Å². The van der Waals surface area contributed by atoms with Gasteiger partial charge in [-0.1, -0.05) is 78.9 Å². The summed E-state index contributed by atoms with van der Waals surface area (Å²) < 4.78 is 47.0. The highest BCUT2D eigenvalue weighted by atomic mass is 19.4. The summed E-state index contributed by atoms with van der Waals surface area (Å²) in [6.45, 7) is -0.237. The molecule has 0 saturated carbocycles. The third-order valence-corrected chi connectivity index (χ3v) is 5.82. The molecule has 1 aliphatic rings. The first kappa shape index (κ1) is 22.4. The van der Waals surface area contributed by atoms with Crippen molar-refractivity contribution in [2.24, 2.45) is 0 Å². The summed E-state index contributed by atoms with van der Waals surface area (Å²) in [5.74, 6) is -2.59. The van der Waals surface area contributed by atoms with Gasteiger partial charge in [-0.15, -0.1) is 0 Å². The number of rotatable bonds is 6. The molecule has 2 N–H and O–H groups in total. The number of hydrogen-bond donors (Lipinski definition) is 2. The number of ether oxygens (including phenoxy) is 1. The highest BCUT2D eigenvalue weighted by Gasteiger charge is 2.62. The largest absolute Gasteiger partial charge is 0.479 e. The maximum absolute atomic E-state index is 14.0. The number of halogens is 3. The molecular weight excluding hydrogens is 435 g/mol. The van der Waals surface area contributed by atoms with Crippen LogP contribution in [0.15, 0.2) is 78.9 Å². The molecule has 0 spiro atoms. The molecule has 0 heterocycles. The minimum Gasteiger partial charge on any atom is -0.479 e. The fourth-order valence-corrected chi connectivity index (χ4v) is 4.18. The highest BCUT2D eigenvalue weighted by molar-refractivity contribution is 5.86. The number of nitrogens with one attached hydrogen (secondary N) is 1. The van der Waals surface area contributed by atoms with Crippen molar-refractivity contribution >= 4 is 12.1 Å². The van der Waals surface area contributed by atoms with Crippen LogP contribution >= 0.6 is 0 Å². The molecule has 1 atom stereocenters. The smallest absolute Gasteiger partial charge is 0.422 e. The Morgan fingerprint density at radius 1 is 0.848 bits per heavy atom. The van der Waals surface area contributed by atoms with Crippen LogP contribution in [0.5, 0.6) is 0 Å². The van der Waals surface area contributed by atoms with Crippen LogP contribution < -0.4 is 5.32 Å². The fraction of sp³-hybridized carbons (Fsp3) is 0.200. The first-order valence-electron chi connectivity index (χ1n) is 10.2. The summed E-state index contributed by atoms with van der Waals surface area (Å²) in [6.07, 6.45) is -7.69. The predicted molar refractivity (Wildman–Crippen MR) is 115 cm³/mol. The van der Waals surface area contributed by atoms with Gasteiger partial charge in [-0.3, -0.25) is 5.32 Å². The molecule has 0 aliphatic heterocycles. The first-order chi connectivity index (χ1) is 15.7. The van der Waals surface area contributed by atoms with E-state index in [1.807, 2.05) is 48.5 Å². The van der Waals surface area contributed by atoms with Gasteiger partial charge >= 0.3 is 18.2 Å². The van der Waals surface area contributed by atoms with Gasteiger partial charge in [0, 0.05) is 12.3 Å². The van der Waals surface area contributed by atoms with Crippen LogP contribution in [0, 0.1) is 0 Å². The van der Waals surface area contributed by atoms with Crippen LogP contribution in [0.3, 0.4) is 0 Å². The minimum atomic E-state index is -5.26. The Morgan fingerprint density at radius 3 is 1.88 bits per heavy atom. The number of fused-ring (bicyclic) bond motifs is 3. The molecule has 1 amide bonds. The SMILES string of the molecule is O=C(N[C@@](Cc1ccccc1)(C(=O)O)C(F)(F)F)OCC1c2ccccc2-c2ccccc21. The zero-order valence-corrected chi connectivity index (χ0v) is 17.3. The molecule has 0 fully saturated rings. The monoisotopic (exact) mass is 455 g/mol. The highest BCUT2D eigenvalue weighted by Crippen LogP contribution is 2.44. The molecule has 33 heavy (non-hydrogen) atoms. The quantitative estimate of drug-likeness (QED) is 0.539. The van der Waals surface area contributed by atoms with Gasteiger partial charge in [-0.25, -0.2) is 9.59 Å². The average Bonchev–Trinajstić information content (AvgIpc) is 3.11. The van der Waals surface area contributed by atoms with Crippen molar-refractivity contribution in [2.75, 3.05) is 6.61 Å². The van der Waals surface area contributed by atoms with Gasteiger partial charge < -0.3 is 9.84 Å². The van der Waals surface area contributed by atoms with E-state index in [4.69, 9.17) is 4.74 Å². The lowest BCUT2D eigenvalue weighted by Crippen LogP contribution is -2.65. The molecule has 0 saturated heterocycles. The van der Waals surface area contributed by atoms with E-state index < -0.39 is 30.2 Å². The van der Waals surface area contributed by atoms with Crippen molar-refractivity contribution < 1.29 is 32.6 Å². The Hall–Kier alpha value is -3.81. The Kier molecular flexibility index (Phi) is 5.84. The minimum absolute atomic E-state index is 0.108. The van der Waals surface area contributed by atoms with E-state index in [0.717, 1.165) is 22.3 Å². The Balaban J connectivity index is 1.56. The number of alkyl halides is 3. The number of carboxylic acids is 1. The maximum atomic E-state index is 14.0. The van der Waals surface area contributed by atoms with E-state index in [9.17, 15) is 27.9 Å². The molecular formula is C25H20F3NO4. The van der Waals surface area contributed by atoms with Crippen molar-refractivity contribution in [2.45, 2.75) is 24.1 Å². The second kappa shape index (κ2) is 8.61. The number of carboxylic acid groups (broad SMARTS) is 1. The summed E-state index contributed by atoms with van der Waals surface area (Å²) in [5, 5.41) is 11.1. The normalized spacial score (nSPS) is 14.6. The van der Waals surface area contributed by atoms with Gasteiger partial charge in [0.25, 0.3) is 0 Å². The van der Waals surface area contributed by atoms with Crippen molar-refractivity contribution in [1.29, 1.82) is 0 Å². The lowest BCUT2D eigenvalue weighted by molar-refractivity contribution is -0.208. The van der Waals surface area contributed by atoms with Crippen LogP contribution in [0.4, 0.5) is 18.0 Å². The number of carbonyl (C=O) groups is 2. The molecule has 3 aromatic rings. The molecule has 0 unspecified atom stereocenters. The second-order valence-corrected chi connectivity index (χ2v) is 7.82. The summed E-state index contributed by atoms with van der Waals surface area (Å²) in [5.41, 5.74) is 0.266. The van der Waals surface area contributed by atoms with Gasteiger partial charge in [0.2, 0.25) is 5.54 Å². The maximum Gasteiger partial charge on any atom is 0.422 e. The molecule has 170 valence electrons. The second-order valence-electron chi connectivity index (χ2n) is 7.82. The van der Waals surface area contributed by atoms with E-state index in [2.05, 4.69) is 0 Å². The van der Waals surface area contributed by atoms with Gasteiger partial charge in [0.05, 0.1) is 0 Å². The molecule has 3 aromatic carbocycles. The number of alkyl carbamates (subject to hydrolysis) is 1. The number of benzene rings is 3. The van der Waals surface area contributed by atoms with E-state index in [1.165, 1.54) is 24.3 Å². The Labute approximate surface area is 187 Å². The van der Waals surface area contributed by atoms with Gasteiger partial charge in [-0.2, -0.15) is 13.2 Å². The van der Waals surface area contributed by atoms with Gasteiger partial charge in [-0.05, 0) is 27.8 Å². The van der Waals surface area contributed by atoms with Crippen molar-refractivity contribution in [3.8, 4) is 11.1 Å².